The summed E-state index contributed by atoms with van der Waals surface area (Å²) >= 11 is 0. The molecular formula is C44H56O4. The van der Waals surface area contributed by atoms with Crippen molar-refractivity contribution in [3.63, 3.8) is 0 Å². The Labute approximate surface area is 288 Å². The van der Waals surface area contributed by atoms with E-state index in [1.165, 1.54) is 0 Å². The van der Waals surface area contributed by atoms with Crippen molar-refractivity contribution in [2.24, 2.45) is 0 Å². The minimum atomic E-state index is -0.308. The molecule has 4 N–H and O–H groups in total. The molecule has 4 nitrogen and oxygen atoms in total. The van der Waals surface area contributed by atoms with Gasteiger partial charge < -0.3 is 20.4 Å². The van der Waals surface area contributed by atoms with Gasteiger partial charge in [-0.25, -0.2) is 0 Å². The molecule has 0 saturated carbocycles. The number of phenols is 4. The summed E-state index contributed by atoms with van der Waals surface area (Å²) in [6.45, 7) is 25.3. The highest BCUT2D eigenvalue weighted by Crippen LogP contribution is 2.43. The average molecular weight is 649 g/mol. The lowest BCUT2D eigenvalue weighted by Gasteiger charge is -2.27. The van der Waals surface area contributed by atoms with Gasteiger partial charge in [-0.2, -0.15) is 0 Å². The van der Waals surface area contributed by atoms with E-state index in [4.69, 9.17) is 0 Å². The topological polar surface area (TPSA) is 80.9 Å². The van der Waals surface area contributed by atoms with Gasteiger partial charge in [-0.3, -0.25) is 0 Å². The highest BCUT2D eigenvalue weighted by Gasteiger charge is 2.28. The lowest BCUT2D eigenvalue weighted by molar-refractivity contribution is 0.434. The van der Waals surface area contributed by atoms with Crippen molar-refractivity contribution in [3.8, 4) is 23.0 Å². The van der Waals surface area contributed by atoms with Crippen LogP contribution in [0.1, 0.15) is 150 Å². The molecule has 8 bridgehead atoms. The first-order valence-electron chi connectivity index (χ1n) is 17.3. The summed E-state index contributed by atoms with van der Waals surface area (Å²) < 4.78 is 0. The molecule has 1 aliphatic rings. The van der Waals surface area contributed by atoms with Crippen LogP contribution in [0.15, 0.2) is 48.5 Å². The predicted octanol–water partition coefficient (Wildman–Crippen LogP) is 10.4. The van der Waals surface area contributed by atoms with E-state index in [2.05, 4.69) is 132 Å². The number of phenolic OH excluding ortho intramolecular Hbond substituents is 4. The van der Waals surface area contributed by atoms with E-state index < -0.39 is 0 Å². The lowest BCUT2D eigenvalue weighted by atomic mass is 9.79. The molecule has 0 heterocycles. The molecule has 0 atom stereocenters. The number of hydrogen-bond acceptors (Lipinski definition) is 4. The number of aromatic hydroxyl groups is 4. The number of fused-ring (bicyclic) bond motifs is 8. The second-order valence-corrected chi connectivity index (χ2v) is 18.3. The maximum atomic E-state index is 11.7. The zero-order valence-corrected chi connectivity index (χ0v) is 31.2. The number of benzene rings is 4. The Morgan fingerprint density at radius 2 is 0.500 bits per heavy atom. The molecule has 5 rings (SSSR count). The maximum absolute atomic E-state index is 11.7. The zero-order valence-electron chi connectivity index (χ0n) is 31.2. The van der Waals surface area contributed by atoms with Gasteiger partial charge in [-0.1, -0.05) is 132 Å². The van der Waals surface area contributed by atoms with Crippen LogP contribution in [0.4, 0.5) is 0 Å². The molecule has 48 heavy (non-hydrogen) atoms. The molecule has 0 saturated heterocycles. The minimum Gasteiger partial charge on any atom is -0.507 e. The van der Waals surface area contributed by atoms with Crippen molar-refractivity contribution < 1.29 is 20.4 Å². The van der Waals surface area contributed by atoms with Crippen molar-refractivity contribution in [1.82, 2.24) is 0 Å². The van der Waals surface area contributed by atoms with Gasteiger partial charge >= 0.3 is 0 Å². The van der Waals surface area contributed by atoms with Crippen LogP contribution < -0.4 is 0 Å². The smallest absolute Gasteiger partial charge is 0.122 e. The van der Waals surface area contributed by atoms with Crippen LogP contribution in [0.2, 0.25) is 0 Å². The average Bonchev–Trinajstić information content (AvgIpc) is 2.92. The predicted molar refractivity (Wildman–Crippen MR) is 198 cm³/mol. The minimum absolute atomic E-state index is 0.272. The second-order valence-electron chi connectivity index (χ2n) is 18.3. The fourth-order valence-corrected chi connectivity index (χ4v) is 7.16. The fourth-order valence-electron chi connectivity index (χ4n) is 7.16. The highest BCUT2D eigenvalue weighted by atomic mass is 16.3. The third kappa shape index (κ3) is 7.09. The Morgan fingerprint density at radius 1 is 0.312 bits per heavy atom. The Hall–Kier alpha value is -3.92. The standard InChI is InChI=1S/C44H56O4/c1-41(2,3)33-19-25-13-26-16-31(39(47)34(20-26)42(4,5)6)24-32-18-28(22-36(40(32)48)44(10,11)12)14-27-17-30(23-29(15-25)37(33)45)38(46)35(21-27)43(7,8)9/h15-22,45-48H,13-14,23-24H2,1-12H3. The van der Waals surface area contributed by atoms with Crippen molar-refractivity contribution in [2.45, 2.75) is 130 Å². The molecule has 4 heteroatoms. The maximum Gasteiger partial charge on any atom is 0.122 e. The Morgan fingerprint density at radius 3 is 0.667 bits per heavy atom. The molecule has 0 amide bonds. The summed E-state index contributed by atoms with van der Waals surface area (Å²) in [5.74, 6) is 1.09. The molecule has 0 fully saturated rings. The third-order valence-corrected chi connectivity index (χ3v) is 9.80. The summed E-state index contributed by atoms with van der Waals surface area (Å²) in [4.78, 5) is 0. The van der Waals surface area contributed by atoms with Crippen molar-refractivity contribution in [3.05, 3.63) is 115 Å². The first-order chi connectivity index (χ1) is 21.9. The van der Waals surface area contributed by atoms with Gasteiger partial charge in [-0.05, 0) is 101 Å². The van der Waals surface area contributed by atoms with Crippen molar-refractivity contribution >= 4 is 0 Å². The van der Waals surface area contributed by atoms with Crippen LogP contribution in [0.25, 0.3) is 0 Å². The van der Waals surface area contributed by atoms with Gasteiger partial charge in [0.05, 0.1) is 0 Å². The van der Waals surface area contributed by atoms with E-state index in [0.29, 0.717) is 25.7 Å². The first-order valence-corrected chi connectivity index (χ1v) is 17.3. The van der Waals surface area contributed by atoms with Crippen LogP contribution in [0, 0.1) is 0 Å². The number of rotatable bonds is 0. The molecule has 4 aromatic carbocycles. The summed E-state index contributed by atoms with van der Waals surface area (Å²) in [5, 5.41) is 46.9. The third-order valence-electron chi connectivity index (χ3n) is 9.80. The Balaban J connectivity index is 1.87. The summed E-state index contributed by atoms with van der Waals surface area (Å²) in [6.07, 6.45) is 1.97. The van der Waals surface area contributed by atoms with Gasteiger partial charge in [0.2, 0.25) is 0 Å². The lowest BCUT2D eigenvalue weighted by Crippen LogP contribution is -2.16. The molecule has 0 aromatic heterocycles. The van der Waals surface area contributed by atoms with Gasteiger partial charge in [0.25, 0.3) is 0 Å². The molecule has 0 radical (unpaired) electrons. The largest absolute Gasteiger partial charge is 0.507 e. The highest BCUT2D eigenvalue weighted by molar-refractivity contribution is 5.57. The van der Waals surface area contributed by atoms with E-state index in [1.807, 2.05) is 0 Å². The first kappa shape index (κ1) is 35.4. The second kappa shape index (κ2) is 11.9. The Kier molecular flexibility index (Phi) is 8.77. The van der Waals surface area contributed by atoms with Gasteiger partial charge in [0.15, 0.2) is 0 Å². The van der Waals surface area contributed by atoms with Crippen molar-refractivity contribution in [2.75, 3.05) is 0 Å². The van der Waals surface area contributed by atoms with Crippen LogP contribution >= 0.6 is 0 Å². The molecule has 0 aliphatic heterocycles. The molecule has 256 valence electrons. The molecule has 0 unspecified atom stereocenters. The molecule has 1 aliphatic carbocycles. The van der Waals surface area contributed by atoms with E-state index in [0.717, 1.165) is 66.8 Å². The normalized spacial score (nSPS) is 14.2. The fraction of sp³-hybridized carbons (Fsp3) is 0.455. The van der Waals surface area contributed by atoms with E-state index >= 15 is 0 Å². The SMILES string of the molecule is CC(C)(C)c1cc2cc(c1O)Cc1cc(cc(C(C)(C)C)c1O)Cc1cc(c(O)c(C(C)(C)C)c1)Cc1cc(cc(C(C)(C)C)c1O)C2. The van der Waals surface area contributed by atoms with Crippen molar-refractivity contribution in [1.29, 1.82) is 0 Å². The van der Waals surface area contributed by atoms with Gasteiger partial charge in [0.1, 0.15) is 23.0 Å². The van der Waals surface area contributed by atoms with Gasteiger partial charge in [0, 0.05) is 12.8 Å². The number of hydrogen-bond donors (Lipinski definition) is 4. The van der Waals surface area contributed by atoms with Gasteiger partial charge in [-0.15, -0.1) is 0 Å². The van der Waals surface area contributed by atoms with Crippen LogP contribution in [-0.2, 0) is 47.3 Å². The van der Waals surface area contributed by atoms with Crippen LogP contribution in [-0.4, -0.2) is 20.4 Å². The summed E-state index contributed by atoms with van der Waals surface area (Å²) in [5.41, 5.74) is 9.62. The monoisotopic (exact) mass is 648 g/mol. The summed E-state index contributed by atoms with van der Waals surface area (Å²) in [7, 11) is 0. The van der Waals surface area contributed by atoms with E-state index in [9.17, 15) is 20.4 Å². The molecular weight excluding hydrogens is 592 g/mol. The Bertz CT molecular complexity index is 1610. The summed E-state index contributed by atoms with van der Waals surface area (Å²) in [6, 6.07) is 16.7. The molecule has 0 spiro atoms. The quantitative estimate of drug-likeness (QED) is 0.135. The van der Waals surface area contributed by atoms with E-state index in [1.54, 1.807) is 0 Å². The van der Waals surface area contributed by atoms with E-state index in [-0.39, 0.29) is 44.7 Å². The van der Waals surface area contributed by atoms with Crippen LogP contribution in [0.3, 0.4) is 0 Å². The zero-order chi connectivity index (χ0) is 35.7. The van der Waals surface area contributed by atoms with Crippen LogP contribution in [0.5, 0.6) is 23.0 Å². The molecule has 4 aromatic rings.